The molecule has 2 aliphatic heterocycles. The van der Waals surface area contributed by atoms with Gasteiger partial charge < -0.3 is 15.2 Å². The zero-order valence-corrected chi connectivity index (χ0v) is 11.8. The second-order valence-electron chi connectivity index (χ2n) is 5.43. The standard InChI is InChI=1S/C15H18N2O4/c1-16-11-8-21-7-10(11)14(18)17-12-5-3-2-4-9(12)6-13(17)15(19)20/h2-5,10-11,13,16H,6-8H2,1H3,(H,19,20)/t10?,11?,13-/m0/s1. The molecule has 1 saturated heterocycles. The van der Waals surface area contributed by atoms with Gasteiger partial charge >= 0.3 is 5.97 Å². The second kappa shape index (κ2) is 5.46. The van der Waals surface area contributed by atoms with Crippen LogP contribution in [-0.4, -0.2) is 49.3 Å². The molecule has 0 saturated carbocycles. The molecule has 1 amide bonds. The predicted molar refractivity (Wildman–Crippen MR) is 76.2 cm³/mol. The Morgan fingerprint density at radius 1 is 1.33 bits per heavy atom. The molecular weight excluding hydrogens is 272 g/mol. The van der Waals surface area contributed by atoms with Gasteiger partial charge in [0.15, 0.2) is 0 Å². The van der Waals surface area contributed by atoms with E-state index in [1.165, 1.54) is 4.90 Å². The van der Waals surface area contributed by atoms with Crippen molar-refractivity contribution in [1.29, 1.82) is 0 Å². The van der Waals surface area contributed by atoms with Gasteiger partial charge in [-0.25, -0.2) is 4.79 Å². The largest absolute Gasteiger partial charge is 0.480 e. The van der Waals surface area contributed by atoms with Crippen molar-refractivity contribution in [3.8, 4) is 0 Å². The molecule has 3 rings (SSSR count). The van der Waals surface area contributed by atoms with Gasteiger partial charge in [-0.15, -0.1) is 0 Å². The Hall–Kier alpha value is -1.92. The summed E-state index contributed by atoms with van der Waals surface area (Å²) >= 11 is 0. The van der Waals surface area contributed by atoms with Gasteiger partial charge in [-0.1, -0.05) is 18.2 Å². The van der Waals surface area contributed by atoms with E-state index in [-0.39, 0.29) is 17.9 Å². The summed E-state index contributed by atoms with van der Waals surface area (Å²) in [7, 11) is 1.78. The molecule has 0 spiro atoms. The van der Waals surface area contributed by atoms with Gasteiger partial charge in [0.05, 0.1) is 19.1 Å². The topological polar surface area (TPSA) is 78.9 Å². The average Bonchev–Trinajstić information content (AvgIpc) is 3.10. The molecule has 0 bridgehead atoms. The van der Waals surface area contributed by atoms with Crippen molar-refractivity contribution in [2.45, 2.75) is 18.5 Å². The molecule has 1 aromatic carbocycles. The normalized spacial score (nSPS) is 27.7. The van der Waals surface area contributed by atoms with E-state index in [2.05, 4.69) is 5.32 Å². The van der Waals surface area contributed by atoms with E-state index in [4.69, 9.17) is 4.74 Å². The van der Waals surface area contributed by atoms with E-state index in [0.717, 1.165) is 5.56 Å². The number of fused-ring (bicyclic) bond motifs is 1. The molecule has 0 aliphatic carbocycles. The lowest BCUT2D eigenvalue weighted by atomic mass is 10.0. The number of anilines is 1. The van der Waals surface area contributed by atoms with Crippen LogP contribution >= 0.6 is 0 Å². The van der Waals surface area contributed by atoms with Crippen LogP contribution in [-0.2, 0) is 20.7 Å². The van der Waals surface area contributed by atoms with Gasteiger partial charge in [-0.05, 0) is 18.7 Å². The summed E-state index contributed by atoms with van der Waals surface area (Å²) in [5, 5.41) is 12.5. The van der Waals surface area contributed by atoms with Crippen LogP contribution in [0, 0.1) is 5.92 Å². The number of likely N-dealkylation sites (N-methyl/N-ethyl adjacent to an activating group) is 1. The Kier molecular flexibility index (Phi) is 3.65. The first-order chi connectivity index (χ1) is 10.1. The highest BCUT2D eigenvalue weighted by atomic mass is 16.5. The molecule has 1 fully saturated rings. The van der Waals surface area contributed by atoms with Crippen LogP contribution in [0.25, 0.3) is 0 Å². The number of carbonyl (C=O) groups excluding carboxylic acids is 1. The fourth-order valence-corrected chi connectivity index (χ4v) is 3.12. The maximum absolute atomic E-state index is 12.8. The van der Waals surface area contributed by atoms with Crippen LogP contribution in [0.3, 0.4) is 0 Å². The van der Waals surface area contributed by atoms with Crippen LogP contribution in [0.5, 0.6) is 0 Å². The van der Waals surface area contributed by atoms with Gasteiger partial charge in [0.25, 0.3) is 0 Å². The maximum Gasteiger partial charge on any atom is 0.327 e. The van der Waals surface area contributed by atoms with Crippen LogP contribution < -0.4 is 10.2 Å². The fourth-order valence-electron chi connectivity index (χ4n) is 3.12. The van der Waals surface area contributed by atoms with Gasteiger partial charge in [-0.2, -0.15) is 0 Å². The number of aliphatic carboxylic acids is 1. The van der Waals surface area contributed by atoms with E-state index < -0.39 is 12.0 Å². The quantitative estimate of drug-likeness (QED) is 0.835. The SMILES string of the molecule is CNC1COCC1C(=O)N1c2ccccc2C[C@H]1C(=O)O. The van der Waals surface area contributed by atoms with Crippen LogP contribution in [0.15, 0.2) is 24.3 Å². The van der Waals surface area contributed by atoms with Crippen molar-refractivity contribution in [2.75, 3.05) is 25.2 Å². The maximum atomic E-state index is 12.8. The van der Waals surface area contributed by atoms with Crippen molar-refractivity contribution < 1.29 is 19.4 Å². The summed E-state index contributed by atoms with van der Waals surface area (Å²) < 4.78 is 5.37. The first-order valence-electron chi connectivity index (χ1n) is 7.02. The Bertz CT molecular complexity index is 575. The summed E-state index contributed by atoms with van der Waals surface area (Å²) in [6.45, 7) is 0.801. The summed E-state index contributed by atoms with van der Waals surface area (Å²) in [5.41, 5.74) is 1.61. The molecule has 2 N–H and O–H groups in total. The van der Waals surface area contributed by atoms with Gasteiger partial charge in [-0.3, -0.25) is 9.69 Å². The van der Waals surface area contributed by atoms with Crippen molar-refractivity contribution >= 4 is 17.6 Å². The van der Waals surface area contributed by atoms with Crippen molar-refractivity contribution in [3.63, 3.8) is 0 Å². The van der Waals surface area contributed by atoms with E-state index >= 15 is 0 Å². The monoisotopic (exact) mass is 290 g/mol. The Morgan fingerprint density at radius 3 is 2.81 bits per heavy atom. The number of carbonyl (C=O) groups is 2. The highest BCUT2D eigenvalue weighted by Gasteiger charge is 2.44. The minimum absolute atomic E-state index is 0.0697. The van der Waals surface area contributed by atoms with Gasteiger partial charge in [0.1, 0.15) is 6.04 Å². The number of carboxylic acid groups (broad SMARTS) is 1. The van der Waals surface area contributed by atoms with Crippen LogP contribution in [0.2, 0.25) is 0 Å². The number of ether oxygens (including phenoxy) is 1. The van der Waals surface area contributed by atoms with Gasteiger partial charge in [0, 0.05) is 18.2 Å². The molecule has 6 nitrogen and oxygen atoms in total. The zero-order valence-electron chi connectivity index (χ0n) is 11.8. The third-order valence-electron chi connectivity index (χ3n) is 4.27. The second-order valence-corrected chi connectivity index (χ2v) is 5.43. The fraction of sp³-hybridized carbons (Fsp3) is 0.467. The minimum Gasteiger partial charge on any atom is -0.480 e. The summed E-state index contributed by atoms with van der Waals surface area (Å²) in [5.74, 6) is -1.49. The molecule has 2 unspecified atom stereocenters. The summed E-state index contributed by atoms with van der Waals surface area (Å²) in [6, 6.07) is 6.47. The first-order valence-corrected chi connectivity index (χ1v) is 7.02. The lowest BCUT2D eigenvalue weighted by Gasteiger charge is -2.27. The molecule has 21 heavy (non-hydrogen) atoms. The highest BCUT2D eigenvalue weighted by molar-refractivity contribution is 6.03. The molecule has 112 valence electrons. The molecule has 1 aromatic rings. The molecule has 2 heterocycles. The number of carboxylic acids is 1. The molecule has 0 radical (unpaired) electrons. The predicted octanol–water partition coefficient (Wildman–Crippen LogP) is 0.263. The number of rotatable bonds is 3. The number of benzene rings is 1. The minimum atomic E-state index is -0.973. The molecule has 6 heteroatoms. The lowest BCUT2D eigenvalue weighted by Crippen LogP contribution is -2.50. The van der Waals surface area contributed by atoms with Crippen molar-refractivity contribution in [3.05, 3.63) is 29.8 Å². The van der Waals surface area contributed by atoms with Crippen molar-refractivity contribution in [1.82, 2.24) is 5.32 Å². The molecule has 0 aromatic heterocycles. The highest BCUT2D eigenvalue weighted by Crippen LogP contribution is 2.34. The van der Waals surface area contributed by atoms with Crippen molar-refractivity contribution in [2.24, 2.45) is 5.92 Å². The molecule has 2 aliphatic rings. The third-order valence-corrected chi connectivity index (χ3v) is 4.27. The zero-order chi connectivity index (χ0) is 15.0. The number of nitrogens with one attached hydrogen (secondary N) is 1. The first kappa shape index (κ1) is 14.0. The third kappa shape index (κ3) is 2.30. The van der Waals surface area contributed by atoms with E-state index in [1.807, 2.05) is 18.2 Å². The number of nitrogens with zero attached hydrogens (tertiary/aromatic N) is 1. The summed E-state index contributed by atoms with van der Waals surface area (Å²) in [6.07, 6.45) is 0.356. The van der Waals surface area contributed by atoms with Gasteiger partial charge in [0.2, 0.25) is 5.91 Å². The number of amides is 1. The van der Waals surface area contributed by atoms with Crippen LogP contribution in [0.1, 0.15) is 5.56 Å². The van der Waals surface area contributed by atoms with E-state index in [1.54, 1.807) is 13.1 Å². The average molecular weight is 290 g/mol. The smallest absolute Gasteiger partial charge is 0.327 e. The number of hydrogen-bond acceptors (Lipinski definition) is 4. The Morgan fingerprint density at radius 2 is 2.10 bits per heavy atom. The lowest BCUT2D eigenvalue weighted by molar-refractivity contribution is -0.140. The molecule has 3 atom stereocenters. The number of para-hydroxylation sites is 1. The van der Waals surface area contributed by atoms with E-state index in [0.29, 0.717) is 25.3 Å². The number of hydrogen-bond donors (Lipinski definition) is 2. The Labute approximate surface area is 122 Å². The molecular formula is C15H18N2O4. The van der Waals surface area contributed by atoms with Crippen LogP contribution in [0.4, 0.5) is 5.69 Å². The summed E-state index contributed by atoms with van der Waals surface area (Å²) in [4.78, 5) is 25.8. The van der Waals surface area contributed by atoms with E-state index in [9.17, 15) is 14.7 Å². The Balaban J connectivity index is 1.94.